The lowest BCUT2D eigenvalue weighted by molar-refractivity contribution is -0.108. The summed E-state index contributed by atoms with van der Waals surface area (Å²) in [7, 11) is 0. The van der Waals surface area contributed by atoms with Crippen molar-refractivity contribution in [1.82, 2.24) is 0 Å². The van der Waals surface area contributed by atoms with E-state index >= 15 is 0 Å². The van der Waals surface area contributed by atoms with Crippen molar-refractivity contribution in [1.29, 1.82) is 0 Å². The van der Waals surface area contributed by atoms with Crippen LogP contribution in [0.2, 0.25) is 0 Å². The van der Waals surface area contributed by atoms with Crippen molar-refractivity contribution in [2.24, 2.45) is 5.92 Å². The fraction of sp³-hybridized carbons (Fsp3) is 0.333. The highest BCUT2D eigenvalue weighted by Crippen LogP contribution is 2.46. The second kappa shape index (κ2) is 9.75. The minimum absolute atomic E-state index is 0.0262. The van der Waals surface area contributed by atoms with Crippen molar-refractivity contribution in [2.45, 2.75) is 44.2 Å². The van der Waals surface area contributed by atoms with E-state index in [0.29, 0.717) is 26.4 Å². The van der Waals surface area contributed by atoms with Crippen molar-refractivity contribution in [3.63, 3.8) is 0 Å². The summed E-state index contributed by atoms with van der Waals surface area (Å²) in [6.45, 7) is 2.31. The first kappa shape index (κ1) is 20.4. The van der Waals surface area contributed by atoms with Gasteiger partial charge in [-0.25, -0.2) is 0 Å². The van der Waals surface area contributed by atoms with Gasteiger partial charge in [-0.05, 0) is 16.7 Å². The Morgan fingerprint density at radius 2 is 0.968 bits per heavy atom. The van der Waals surface area contributed by atoms with Crippen LogP contribution in [0.1, 0.15) is 16.7 Å². The summed E-state index contributed by atoms with van der Waals surface area (Å²) < 4.78 is 24.8. The summed E-state index contributed by atoms with van der Waals surface area (Å²) >= 11 is 0. The molecule has 0 bridgehead atoms. The van der Waals surface area contributed by atoms with Gasteiger partial charge in [-0.1, -0.05) is 91.0 Å². The van der Waals surface area contributed by atoms with Crippen LogP contribution in [-0.4, -0.2) is 31.0 Å². The molecule has 1 saturated carbocycles. The van der Waals surface area contributed by atoms with Crippen LogP contribution in [0.15, 0.2) is 91.0 Å². The molecule has 4 heteroatoms. The maximum atomic E-state index is 6.36. The Morgan fingerprint density at radius 1 is 0.548 bits per heavy atom. The third kappa shape index (κ3) is 5.05. The van der Waals surface area contributed by atoms with Crippen LogP contribution in [-0.2, 0) is 38.8 Å². The van der Waals surface area contributed by atoms with Crippen molar-refractivity contribution >= 4 is 0 Å². The molecule has 1 unspecified atom stereocenters. The second-order valence-electron chi connectivity index (χ2n) is 8.25. The van der Waals surface area contributed by atoms with Crippen molar-refractivity contribution in [3.8, 4) is 0 Å². The van der Waals surface area contributed by atoms with Crippen LogP contribution in [0.3, 0.4) is 0 Å². The van der Waals surface area contributed by atoms with E-state index in [0.717, 1.165) is 11.1 Å². The van der Waals surface area contributed by atoms with Crippen LogP contribution in [0.4, 0.5) is 0 Å². The van der Waals surface area contributed by atoms with Gasteiger partial charge in [-0.15, -0.1) is 0 Å². The minimum Gasteiger partial charge on any atom is -0.376 e. The first-order valence-corrected chi connectivity index (χ1v) is 11.0. The minimum atomic E-state index is -0.0262. The number of hydrogen-bond donors (Lipinski definition) is 0. The zero-order valence-electron chi connectivity index (χ0n) is 17.5. The normalized spacial score (nSPS) is 26.5. The number of benzene rings is 3. The van der Waals surface area contributed by atoms with Gasteiger partial charge in [0.1, 0.15) is 12.2 Å². The summed E-state index contributed by atoms with van der Waals surface area (Å²) in [6.07, 6.45) is 0.133. The molecule has 0 radical (unpaired) electrons. The van der Waals surface area contributed by atoms with Crippen molar-refractivity contribution < 1.29 is 18.9 Å². The number of epoxide rings is 1. The zero-order chi connectivity index (χ0) is 20.9. The lowest BCUT2D eigenvalue weighted by Gasteiger charge is -2.28. The van der Waals surface area contributed by atoms with Gasteiger partial charge in [-0.3, -0.25) is 0 Å². The van der Waals surface area contributed by atoms with E-state index in [9.17, 15) is 0 Å². The average Bonchev–Trinajstić information content (AvgIpc) is 3.56. The molecule has 0 N–H and O–H groups in total. The topological polar surface area (TPSA) is 40.2 Å². The molecule has 5 rings (SSSR count). The average molecular weight is 417 g/mol. The molecule has 1 saturated heterocycles. The maximum absolute atomic E-state index is 6.36. The largest absolute Gasteiger partial charge is 0.376 e. The molecule has 5 atom stereocenters. The summed E-state index contributed by atoms with van der Waals surface area (Å²) in [5, 5.41) is 0. The van der Waals surface area contributed by atoms with E-state index in [-0.39, 0.29) is 30.3 Å². The van der Waals surface area contributed by atoms with E-state index in [1.54, 1.807) is 0 Å². The highest BCUT2D eigenvalue weighted by atomic mass is 16.7. The van der Waals surface area contributed by atoms with Crippen LogP contribution >= 0.6 is 0 Å². The molecule has 0 aromatic heterocycles. The molecule has 0 spiro atoms. The SMILES string of the molecule is c1ccc(COCC2[C@@H](OCc3ccccc3)[C@@H]3O[C@@H]3[C@H]2OCc2ccccc2)cc1. The predicted octanol–water partition coefficient (Wildman–Crippen LogP) is 4.77. The van der Waals surface area contributed by atoms with Gasteiger partial charge in [0.25, 0.3) is 0 Å². The maximum Gasteiger partial charge on any atom is 0.113 e. The quantitative estimate of drug-likeness (QED) is 0.447. The Labute approximate surface area is 183 Å². The molecular weight excluding hydrogens is 388 g/mol. The van der Waals surface area contributed by atoms with Crippen LogP contribution in [0.25, 0.3) is 0 Å². The number of hydrogen-bond acceptors (Lipinski definition) is 4. The van der Waals surface area contributed by atoms with Crippen LogP contribution < -0.4 is 0 Å². The van der Waals surface area contributed by atoms with E-state index in [4.69, 9.17) is 18.9 Å². The molecule has 31 heavy (non-hydrogen) atoms. The number of ether oxygens (including phenoxy) is 4. The lowest BCUT2D eigenvalue weighted by atomic mass is 10.0. The molecule has 4 nitrogen and oxygen atoms in total. The van der Waals surface area contributed by atoms with Gasteiger partial charge in [0.15, 0.2) is 0 Å². The summed E-state index contributed by atoms with van der Waals surface area (Å²) in [6, 6.07) is 30.8. The first-order valence-electron chi connectivity index (χ1n) is 11.0. The van der Waals surface area contributed by atoms with Gasteiger partial charge in [0.2, 0.25) is 0 Å². The molecular formula is C27H28O4. The first-order chi connectivity index (χ1) is 15.4. The molecule has 3 aromatic rings. The van der Waals surface area contributed by atoms with Crippen LogP contribution in [0, 0.1) is 5.92 Å². The highest BCUT2D eigenvalue weighted by Gasteiger charge is 2.63. The Hall–Kier alpha value is -2.50. The fourth-order valence-corrected chi connectivity index (χ4v) is 4.39. The smallest absolute Gasteiger partial charge is 0.113 e. The Balaban J connectivity index is 1.24. The summed E-state index contributed by atoms with van der Waals surface area (Å²) in [4.78, 5) is 0. The van der Waals surface area contributed by atoms with Gasteiger partial charge in [0.05, 0.1) is 38.6 Å². The highest BCUT2D eigenvalue weighted by molar-refractivity contribution is 5.17. The lowest BCUT2D eigenvalue weighted by Crippen LogP contribution is -2.37. The molecule has 0 amide bonds. The van der Waals surface area contributed by atoms with Gasteiger partial charge < -0.3 is 18.9 Å². The third-order valence-corrected chi connectivity index (χ3v) is 6.05. The zero-order valence-corrected chi connectivity index (χ0v) is 17.5. The van der Waals surface area contributed by atoms with E-state index in [1.807, 2.05) is 54.6 Å². The Bertz CT molecular complexity index is 876. The third-order valence-electron chi connectivity index (χ3n) is 6.05. The van der Waals surface area contributed by atoms with E-state index in [1.165, 1.54) is 5.56 Å². The van der Waals surface area contributed by atoms with Gasteiger partial charge in [0, 0.05) is 5.92 Å². The fourth-order valence-electron chi connectivity index (χ4n) is 4.39. The molecule has 160 valence electrons. The Kier molecular flexibility index (Phi) is 6.42. The molecule has 2 fully saturated rings. The molecule has 1 aliphatic heterocycles. The summed E-state index contributed by atoms with van der Waals surface area (Å²) in [5.74, 6) is 0.139. The molecule has 3 aromatic carbocycles. The molecule has 2 aliphatic rings. The van der Waals surface area contributed by atoms with Gasteiger partial charge >= 0.3 is 0 Å². The summed E-state index contributed by atoms with van der Waals surface area (Å²) in [5.41, 5.74) is 3.50. The van der Waals surface area contributed by atoms with Crippen LogP contribution in [0.5, 0.6) is 0 Å². The molecule has 1 heterocycles. The van der Waals surface area contributed by atoms with E-state index in [2.05, 4.69) is 36.4 Å². The molecule has 1 aliphatic carbocycles. The van der Waals surface area contributed by atoms with Crippen molar-refractivity contribution in [2.75, 3.05) is 6.61 Å². The Morgan fingerprint density at radius 3 is 1.42 bits per heavy atom. The number of fused-ring (bicyclic) bond motifs is 1. The monoisotopic (exact) mass is 416 g/mol. The second-order valence-corrected chi connectivity index (χ2v) is 8.25. The van der Waals surface area contributed by atoms with Gasteiger partial charge in [-0.2, -0.15) is 0 Å². The predicted molar refractivity (Wildman–Crippen MR) is 118 cm³/mol. The number of rotatable bonds is 10. The van der Waals surface area contributed by atoms with E-state index < -0.39 is 0 Å². The van der Waals surface area contributed by atoms with Crippen molar-refractivity contribution in [3.05, 3.63) is 108 Å². The standard InChI is InChI=1S/C27H28O4/c1-4-10-20(11-5-1)16-28-19-23-24(29-17-21-12-6-2-7-13-21)26-27(31-26)25(23)30-18-22-14-8-3-9-15-22/h1-15,23-27H,16-19H2/t23?,24-,25+,26+,27-.